The summed E-state index contributed by atoms with van der Waals surface area (Å²) in [6, 6.07) is 7.21. The summed E-state index contributed by atoms with van der Waals surface area (Å²) in [5, 5.41) is 12.8. The van der Waals surface area contributed by atoms with E-state index in [1.54, 1.807) is 24.5 Å². The van der Waals surface area contributed by atoms with Crippen LogP contribution in [0.15, 0.2) is 55.1 Å². The summed E-state index contributed by atoms with van der Waals surface area (Å²) in [6.07, 6.45) is 6.28. The summed E-state index contributed by atoms with van der Waals surface area (Å²) in [5.41, 5.74) is 1.57. The Hall–Kier alpha value is -3.68. The van der Waals surface area contributed by atoms with Crippen LogP contribution in [0.2, 0.25) is 0 Å². The summed E-state index contributed by atoms with van der Waals surface area (Å²) in [7, 11) is 0. The van der Waals surface area contributed by atoms with Crippen molar-refractivity contribution in [2.24, 2.45) is 0 Å². The summed E-state index contributed by atoms with van der Waals surface area (Å²) in [5.74, 6) is -0.154. The standard InChI is InChI=1S/C17H11FN6O/c18-13-2-1-11(25)9-12(13)15-23-16-14(20-7-8-21-16)17(24-15)22-10-3-5-19-6-4-10/h1-9,25H,(H,19,21,22,23,24). The van der Waals surface area contributed by atoms with Crippen LogP contribution in [0, 0.1) is 5.82 Å². The Kier molecular flexibility index (Phi) is 3.62. The van der Waals surface area contributed by atoms with E-state index in [4.69, 9.17) is 0 Å². The second-order valence-corrected chi connectivity index (χ2v) is 5.15. The molecule has 7 nitrogen and oxygen atoms in total. The summed E-state index contributed by atoms with van der Waals surface area (Å²) >= 11 is 0. The molecule has 0 spiro atoms. The van der Waals surface area contributed by atoms with Gasteiger partial charge < -0.3 is 10.4 Å². The molecule has 3 heterocycles. The molecule has 0 aliphatic rings. The van der Waals surface area contributed by atoms with E-state index < -0.39 is 5.82 Å². The van der Waals surface area contributed by atoms with Gasteiger partial charge in [0, 0.05) is 30.5 Å². The lowest BCUT2D eigenvalue weighted by atomic mass is 10.2. The molecular formula is C17H11FN6O. The lowest BCUT2D eigenvalue weighted by Crippen LogP contribution is -2.02. The topological polar surface area (TPSA) is 96.7 Å². The quantitative estimate of drug-likeness (QED) is 0.594. The smallest absolute Gasteiger partial charge is 0.184 e. The molecule has 0 saturated carbocycles. The van der Waals surface area contributed by atoms with E-state index in [0.29, 0.717) is 17.0 Å². The Morgan fingerprint density at radius 1 is 0.920 bits per heavy atom. The van der Waals surface area contributed by atoms with Gasteiger partial charge in [0.2, 0.25) is 0 Å². The highest BCUT2D eigenvalue weighted by Crippen LogP contribution is 2.28. The summed E-state index contributed by atoms with van der Waals surface area (Å²) < 4.78 is 14.2. The molecule has 0 saturated heterocycles. The SMILES string of the molecule is Oc1ccc(F)c(-c2nc(Nc3ccncc3)c3nccnc3n2)c1. The van der Waals surface area contributed by atoms with Gasteiger partial charge >= 0.3 is 0 Å². The third kappa shape index (κ3) is 2.92. The molecule has 0 unspecified atom stereocenters. The van der Waals surface area contributed by atoms with Gasteiger partial charge in [0.15, 0.2) is 22.8 Å². The van der Waals surface area contributed by atoms with Crippen LogP contribution in [0.4, 0.5) is 15.9 Å². The molecule has 3 aromatic heterocycles. The van der Waals surface area contributed by atoms with Crippen LogP contribution >= 0.6 is 0 Å². The van der Waals surface area contributed by atoms with Gasteiger partial charge in [0.05, 0.1) is 5.56 Å². The largest absolute Gasteiger partial charge is 0.508 e. The monoisotopic (exact) mass is 334 g/mol. The van der Waals surface area contributed by atoms with Gasteiger partial charge in [-0.15, -0.1) is 0 Å². The lowest BCUT2D eigenvalue weighted by Gasteiger charge is -2.10. The van der Waals surface area contributed by atoms with Gasteiger partial charge in [-0.1, -0.05) is 0 Å². The number of benzene rings is 1. The number of nitrogens with zero attached hydrogens (tertiary/aromatic N) is 5. The Bertz CT molecular complexity index is 1060. The molecule has 0 bridgehead atoms. The average molecular weight is 334 g/mol. The molecule has 0 radical (unpaired) electrons. The molecule has 4 aromatic rings. The minimum atomic E-state index is -0.545. The number of rotatable bonds is 3. The Labute approximate surface area is 141 Å². The fraction of sp³-hybridized carbons (Fsp3) is 0. The van der Waals surface area contributed by atoms with Crippen LogP contribution in [-0.2, 0) is 0 Å². The fourth-order valence-electron chi connectivity index (χ4n) is 2.33. The highest BCUT2D eigenvalue weighted by atomic mass is 19.1. The van der Waals surface area contributed by atoms with Crippen molar-refractivity contribution >= 4 is 22.7 Å². The van der Waals surface area contributed by atoms with E-state index in [-0.39, 0.29) is 17.1 Å². The predicted molar refractivity (Wildman–Crippen MR) is 89.7 cm³/mol. The van der Waals surface area contributed by atoms with Crippen LogP contribution < -0.4 is 5.32 Å². The van der Waals surface area contributed by atoms with Crippen molar-refractivity contribution in [3.05, 3.63) is 60.9 Å². The number of phenols is 1. The molecule has 2 N–H and O–H groups in total. The molecule has 0 amide bonds. The molecular weight excluding hydrogens is 323 g/mol. The second-order valence-electron chi connectivity index (χ2n) is 5.15. The number of pyridine rings is 1. The molecule has 4 rings (SSSR count). The van der Waals surface area contributed by atoms with E-state index in [1.165, 1.54) is 24.5 Å². The van der Waals surface area contributed by atoms with Gasteiger partial charge in [-0.3, -0.25) is 4.98 Å². The first-order valence-corrected chi connectivity index (χ1v) is 7.35. The molecule has 122 valence electrons. The second kappa shape index (κ2) is 6.08. The molecule has 8 heteroatoms. The third-order valence-electron chi connectivity index (χ3n) is 3.47. The summed E-state index contributed by atoms with van der Waals surface area (Å²) in [6.45, 7) is 0. The molecule has 0 aliphatic carbocycles. The van der Waals surface area contributed by atoms with Crippen molar-refractivity contribution in [2.45, 2.75) is 0 Å². The number of nitrogens with one attached hydrogen (secondary N) is 1. The Balaban J connectivity index is 1.91. The van der Waals surface area contributed by atoms with E-state index in [1.807, 2.05) is 0 Å². The van der Waals surface area contributed by atoms with Crippen LogP contribution in [0.3, 0.4) is 0 Å². The zero-order valence-electron chi connectivity index (χ0n) is 12.8. The number of aromatic nitrogens is 5. The highest BCUT2D eigenvalue weighted by Gasteiger charge is 2.15. The van der Waals surface area contributed by atoms with Gasteiger partial charge in [0.25, 0.3) is 0 Å². The first kappa shape index (κ1) is 14.9. The molecule has 0 fully saturated rings. The molecule has 0 aliphatic heterocycles. The molecule has 0 atom stereocenters. The van der Waals surface area contributed by atoms with Crippen LogP contribution in [-0.4, -0.2) is 30.0 Å². The van der Waals surface area contributed by atoms with E-state index in [2.05, 4.69) is 30.2 Å². The number of hydrogen-bond donors (Lipinski definition) is 2. The maximum atomic E-state index is 14.2. The predicted octanol–water partition coefficient (Wildman–Crippen LogP) is 3.07. The normalized spacial score (nSPS) is 10.8. The number of fused-ring (bicyclic) bond motifs is 1. The molecule has 1 aromatic carbocycles. The first-order valence-electron chi connectivity index (χ1n) is 7.35. The number of aromatic hydroxyl groups is 1. The van der Waals surface area contributed by atoms with Crippen molar-refractivity contribution in [1.82, 2.24) is 24.9 Å². The maximum Gasteiger partial charge on any atom is 0.184 e. The number of anilines is 2. The van der Waals surface area contributed by atoms with Crippen LogP contribution in [0.25, 0.3) is 22.6 Å². The molecule has 25 heavy (non-hydrogen) atoms. The van der Waals surface area contributed by atoms with Crippen molar-refractivity contribution in [3.8, 4) is 17.1 Å². The van der Waals surface area contributed by atoms with Crippen molar-refractivity contribution in [1.29, 1.82) is 0 Å². The van der Waals surface area contributed by atoms with Crippen LogP contribution in [0.5, 0.6) is 5.75 Å². The minimum absolute atomic E-state index is 0.0744. The van der Waals surface area contributed by atoms with Crippen molar-refractivity contribution in [2.75, 3.05) is 5.32 Å². The highest BCUT2D eigenvalue weighted by molar-refractivity contribution is 5.86. The zero-order chi connectivity index (χ0) is 17.2. The number of halogens is 1. The van der Waals surface area contributed by atoms with E-state index >= 15 is 0 Å². The average Bonchev–Trinajstić information content (AvgIpc) is 2.64. The van der Waals surface area contributed by atoms with Gasteiger partial charge in [-0.25, -0.2) is 24.3 Å². The van der Waals surface area contributed by atoms with Crippen molar-refractivity contribution in [3.63, 3.8) is 0 Å². The summed E-state index contributed by atoms with van der Waals surface area (Å²) in [4.78, 5) is 21.0. The van der Waals surface area contributed by atoms with Gasteiger partial charge in [-0.2, -0.15) is 0 Å². The number of phenolic OH excluding ortho intramolecular Hbond substituents is 1. The van der Waals surface area contributed by atoms with E-state index in [9.17, 15) is 9.50 Å². The van der Waals surface area contributed by atoms with Gasteiger partial charge in [0.1, 0.15) is 11.6 Å². The number of hydrogen-bond acceptors (Lipinski definition) is 7. The Morgan fingerprint density at radius 2 is 1.72 bits per heavy atom. The van der Waals surface area contributed by atoms with Gasteiger partial charge in [-0.05, 0) is 30.3 Å². The third-order valence-corrected chi connectivity index (χ3v) is 3.47. The van der Waals surface area contributed by atoms with Crippen molar-refractivity contribution < 1.29 is 9.50 Å². The van der Waals surface area contributed by atoms with E-state index in [0.717, 1.165) is 11.8 Å². The minimum Gasteiger partial charge on any atom is -0.508 e. The first-order chi connectivity index (χ1) is 12.2. The maximum absolute atomic E-state index is 14.2. The zero-order valence-corrected chi connectivity index (χ0v) is 12.8. The Morgan fingerprint density at radius 3 is 2.56 bits per heavy atom. The fourth-order valence-corrected chi connectivity index (χ4v) is 2.33. The van der Waals surface area contributed by atoms with Crippen LogP contribution in [0.1, 0.15) is 0 Å². The lowest BCUT2D eigenvalue weighted by molar-refractivity contribution is 0.473.